The van der Waals surface area contributed by atoms with Crippen LogP contribution < -0.4 is 26.2 Å². The molecule has 3 aromatic rings. The molecule has 3 heterocycles. The molecule has 0 aliphatic carbocycles. The van der Waals surface area contributed by atoms with Gasteiger partial charge in [-0.25, -0.2) is 9.97 Å². The molecule has 0 bridgehead atoms. The number of ether oxygens (including phenoxy) is 1. The zero-order valence-corrected chi connectivity index (χ0v) is 21.9. The van der Waals surface area contributed by atoms with Gasteiger partial charge in [0.05, 0.1) is 18.8 Å². The molecule has 1 aromatic heterocycles. The highest BCUT2D eigenvalue weighted by Crippen LogP contribution is 2.32. The number of hydrazine groups is 1. The molecule has 0 saturated carbocycles. The fourth-order valence-corrected chi connectivity index (χ4v) is 4.62. The molecule has 0 unspecified atom stereocenters. The third kappa shape index (κ3) is 5.92. The normalized spacial score (nSPS) is 15.0. The van der Waals surface area contributed by atoms with Gasteiger partial charge in [-0.1, -0.05) is 24.3 Å². The lowest BCUT2D eigenvalue weighted by Crippen LogP contribution is -2.34. The third-order valence-electron chi connectivity index (χ3n) is 6.61. The first-order valence-corrected chi connectivity index (χ1v) is 12.9. The molecule has 1 saturated heterocycles. The molecule has 10 nitrogen and oxygen atoms in total. The van der Waals surface area contributed by atoms with Crippen LogP contribution in [0.4, 0.5) is 11.5 Å². The summed E-state index contributed by atoms with van der Waals surface area (Å²) in [5.41, 5.74) is 11.0. The fourth-order valence-electron chi connectivity index (χ4n) is 4.62. The molecule has 2 aliphatic heterocycles. The Morgan fingerprint density at radius 3 is 2.55 bits per heavy atom. The SMILES string of the molecule is CC(=O)N1Cc2nc(-c3cccc(OCC(=O)NC(C)C)c3)nc(Nc3ccc(C4CNNC4)cc3)c2C1. The number of benzene rings is 2. The number of aromatic nitrogens is 2. The first-order valence-electron chi connectivity index (χ1n) is 12.9. The predicted molar refractivity (Wildman–Crippen MR) is 145 cm³/mol. The van der Waals surface area contributed by atoms with Crippen molar-refractivity contribution in [3.63, 3.8) is 0 Å². The van der Waals surface area contributed by atoms with Gasteiger partial charge in [0, 0.05) is 48.8 Å². The number of rotatable bonds is 8. The summed E-state index contributed by atoms with van der Waals surface area (Å²) in [6.07, 6.45) is 0. The number of nitrogens with zero attached hydrogens (tertiary/aromatic N) is 3. The summed E-state index contributed by atoms with van der Waals surface area (Å²) in [4.78, 5) is 35.6. The van der Waals surface area contributed by atoms with Gasteiger partial charge in [-0.05, 0) is 43.7 Å². The molecule has 5 rings (SSSR count). The smallest absolute Gasteiger partial charge is 0.258 e. The lowest BCUT2D eigenvalue weighted by molar-refractivity contribution is -0.129. The number of amides is 2. The van der Waals surface area contributed by atoms with Crippen LogP contribution in [0, 0.1) is 0 Å². The monoisotopic (exact) mass is 515 g/mol. The van der Waals surface area contributed by atoms with Gasteiger partial charge < -0.3 is 20.3 Å². The molecule has 2 aromatic carbocycles. The molecule has 0 spiro atoms. The van der Waals surface area contributed by atoms with Gasteiger partial charge in [-0.2, -0.15) is 0 Å². The van der Waals surface area contributed by atoms with E-state index in [0.717, 1.165) is 35.6 Å². The van der Waals surface area contributed by atoms with Crippen LogP contribution in [0.2, 0.25) is 0 Å². The second kappa shape index (κ2) is 11.2. The minimum atomic E-state index is -0.179. The largest absolute Gasteiger partial charge is 0.484 e. The average molecular weight is 516 g/mol. The predicted octanol–water partition coefficient (Wildman–Crippen LogP) is 2.84. The maximum absolute atomic E-state index is 12.1. The Bertz CT molecular complexity index is 1320. The summed E-state index contributed by atoms with van der Waals surface area (Å²) < 4.78 is 5.71. The quantitative estimate of drug-likeness (QED) is 0.362. The first-order chi connectivity index (χ1) is 18.4. The van der Waals surface area contributed by atoms with E-state index in [4.69, 9.17) is 14.7 Å². The van der Waals surface area contributed by atoms with E-state index in [1.807, 2.05) is 32.0 Å². The Balaban J connectivity index is 1.40. The van der Waals surface area contributed by atoms with Gasteiger partial charge in [0.1, 0.15) is 11.6 Å². The second-order valence-electron chi connectivity index (χ2n) is 9.94. The Labute approximate surface area is 222 Å². The van der Waals surface area contributed by atoms with E-state index in [0.29, 0.717) is 36.4 Å². The number of nitrogens with one attached hydrogen (secondary N) is 4. The number of anilines is 2. The van der Waals surface area contributed by atoms with Crippen LogP contribution in [0.5, 0.6) is 5.75 Å². The zero-order chi connectivity index (χ0) is 26.6. The van der Waals surface area contributed by atoms with Crippen LogP contribution in [0.1, 0.15) is 43.5 Å². The fraction of sp³-hybridized carbons (Fsp3) is 0.357. The van der Waals surface area contributed by atoms with Crippen LogP contribution in [-0.2, 0) is 22.7 Å². The van der Waals surface area contributed by atoms with Gasteiger partial charge in [0.25, 0.3) is 5.91 Å². The van der Waals surface area contributed by atoms with Crippen LogP contribution in [-0.4, -0.2) is 52.4 Å². The lowest BCUT2D eigenvalue weighted by Gasteiger charge is -2.14. The number of hydrogen-bond acceptors (Lipinski definition) is 8. The summed E-state index contributed by atoms with van der Waals surface area (Å²) >= 11 is 0. The Hall–Kier alpha value is -4.02. The number of fused-ring (bicyclic) bond motifs is 1. The van der Waals surface area contributed by atoms with Gasteiger partial charge in [0.2, 0.25) is 5.91 Å². The Morgan fingerprint density at radius 2 is 1.84 bits per heavy atom. The van der Waals surface area contributed by atoms with Crippen LogP contribution in [0.25, 0.3) is 11.4 Å². The van der Waals surface area contributed by atoms with Crippen molar-refractivity contribution in [2.75, 3.05) is 25.0 Å². The number of carbonyl (C=O) groups excluding carboxylic acids is 2. The van der Waals surface area contributed by atoms with Gasteiger partial charge >= 0.3 is 0 Å². The standard InChI is InChI=1S/C28H33N7O3/c1-17(2)31-26(37)16-38-23-6-4-5-20(11-23)27-33-25-15-35(18(3)36)14-24(25)28(34-27)32-22-9-7-19(8-10-22)21-12-29-30-13-21/h4-11,17,21,29-30H,12-16H2,1-3H3,(H,31,37)(H,32,33,34). The summed E-state index contributed by atoms with van der Waals surface area (Å²) in [6, 6.07) is 15.8. The van der Waals surface area contributed by atoms with E-state index in [9.17, 15) is 9.59 Å². The van der Waals surface area contributed by atoms with Crippen LogP contribution in [0.3, 0.4) is 0 Å². The molecule has 2 aliphatic rings. The van der Waals surface area contributed by atoms with Crippen molar-refractivity contribution in [1.82, 2.24) is 31.0 Å². The topological polar surface area (TPSA) is 121 Å². The van der Waals surface area contributed by atoms with Gasteiger partial charge in [0.15, 0.2) is 12.4 Å². The number of carbonyl (C=O) groups is 2. The minimum absolute atomic E-state index is 0.00583. The van der Waals surface area contributed by atoms with E-state index in [1.165, 1.54) is 5.56 Å². The van der Waals surface area contributed by atoms with Crippen molar-refractivity contribution in [3.8, 4) is 17.1 Å². The van der Waals surface area contributed by atoms with E-state index in [-0.39, 0.29) is 24.5 Å². The molecule has 0 radical (unpaired) electrons. The van der Waals surface area contributed by atoms with Gasteiger partial charge in [-0.15, -0.1) is 0 Å². The highest BCUT2D eigenvalue weighted by atomic mass is 16.5. The molecule has 4 N–H and O–H groups in total. The highest BCUT2D eigenvalue weighted by Gasteiger charge is 2.27. The molecule has 0 atom stereocenters. The summed E-state index contributed by atoms with van der Waals surface area (Å²) in [5.74, 6) is 2.00. The molecular formula is C28H33N7O3. The Kier molecular flexibility index (Phi) is 7.52. The third-order valence-corrected chi connectivity index (χ3v) is 6.61. The Morgan fingerprint density at radius 1 is 1.08 bits per heavy atom. The van der Waals surface area contributed by atoms with Crippen molar-refractivity contribution in [3.05, 3.63) is 65.4 Å². The van der Waals surface area contributed by atoms with Crippen molar-refractivity contribution >= 4 is 23.3 Å². The average Bonchev–Trinajstić information content (AvgIpc) is 3.58. The highest BCUT2D eigenvalue weighted by molar-refractivity contribution is 5.78. The summed E-state index contributed by atoms with van der Waals surface area (Å²) in [7, 11) is 0. The van der Waals surface area contributed by atoms with E-state index >= 15 is 0 Å². The maximum atomic E-state index is 12.1. The van der Waals surface area contributed by atoms with Crippen molar-refractivity contribution in [1.29, 1.82) is 0 Å². The van der Waals surface area contributed by atoms with E-state index < -0.39 is 0 Å². The molecule has 2 amide bonds. The maximum Gasteiger partial charge on any atom is 0.258 e. The summed E-state index contributed by atoms with van der Waals surface area (Å²) in [6.45, 7) is 8.00. The summed E-state index contributed by atoms with van der Waals surface area (Å²) in [5, 5.41) is 6.28. The van der Waals surface area contributed by atoms with Crippen LogP contribution in [0.15, 0.2) is 48.5 Å². The van der Waals surface area contributed by atoms with E-state index in [1.54, 1.807) is 17.9 Å². The molecular weight excluding hydrogens is 482 g/mol. The lowest BCUT2D eigenvalue weighted by atomic mass is 10.0. The second-order valence-corrected chi connectivity index (χ2v) is 9.94. The van der Waals surface area contributed by atoms with Crippen molar-refractivity contribution in [2.45, 2.75) is 45.8 Å². The molecule has 10 heteroatoms. The molecule has 1 fully saturated rings. The zero-order valence-electron chi connectivity index (χ0n) is 21.9. The van der Waals surface area contributed by atoms with Crippen LogP contribution >= 0.6 is 0 Å². The van der Waals surface area contributed by atoms with E-state index in [2.05, 4.69) is 45.8 Å². The van der Waals surface area contributed by atoms with Crippen molar-refractivity contribution in [2.24, 2.45) is 0 Å². The van der Waals surface area contributed by atoms with Crippen molar-refractivity contribution < 1.29 is 14.3 Å². The first kappa shape index (κ1) is 25.6. The number of hydrogen-bond donors (Lipinski definition) is 4. The minimum Gasteiger partial charge on any atom is -0.484 e. The van der Waals surface area contributed by atoms with Gasteiger partial charge in [-0.3, -0.25) is 20.4 Å². The molecule has 38 heavy (non-hydrogen) atoms. The molecule has 198 valence electrons.